The van der Waals surface area contributed by atoms with Crippen LogP contribution in [-0.2, 0) is 6.42 Å². The Labute approximate surface area is 124 Å². The van der Waals surface area contributed by atoms with E-state index in [4.69, 9.17) is 4.74 Å². The molecule has 1 atom stereocenters. The topological polar surface area (TPSA) is 12.5 Å². The molecule has 2 aliphatic rings. The van der Waals surface area contributed by atoms with Crippen LogP contribution in [0.15, 0.2) is 18.2 Å². The van der Waals surface area contributed by atoms with Crippen molar-refractivity contribution in [2.75, 3.05) is 25.0 Å². The first-order valence-electron chi connectivity index (χ1n) is 7.29. The Kier molecular flexibility index (Phi) is 4.13. The van der Waals surface area contributed by atoms with Crippen molar-refractivity contribution in [1.29, 1.82) is 0 Å². The van der Waals surface area contributed by atoms with Gasteiger partial charge in [0.15, 0.2) is 0 Å². The van der Waals surface area contributed by atoms with Crippen LogP contribution in [0.1, 0.15) is 24.0 Å². The predicted octanol–water partition coefficient (Wildman–Crippen LogP) is 3.41. The lowest BCUT2D eigenvalue weighted by Gasteiger charge is -2.32. The summed E-state index contributed by atoms with van der Waals surface area (Å²) < 4.78 is 6.07. The molecule has 0 bridgehead atoms. The van der Waals surface area contributed by atoms with Gasteiger partial charge in [0, 0.05) is 18.3 Å². The van der Waals surface area contributed by atoms with E-state index >= 15 is 0 Å². The number of hydrogen-bond acceptors (Lipinski definition) is 2. The van der Waals surface area contributed by atoms with E-state index in [1.165, 1.54) is 37.1 Å². The van der Waals surface area contributed by atoms with Crippen LogP contribution in [-0.4, -0.2) is 36.0 Å². The second-order valence-electron chi connectivity index (χ2n) is 5.95. The summed E-state index contributed by atoms with van der Waals surface area (Å²) in [5.41, 5.74) is 2.72. The standard InChI is InChI=1S/C16H22BrNO/c1-12-2-3-16-14(8-12)9-15(19-16)11-18-6-4-13(10-17)5-7-18/h2-3,8,13,15H,4-7,9-11H2,1H3. The number of benzene rings is 1. The van der Waals surface area contributed by atoms with Gasteiger partial charge >= 0.3 is 0 Å². The highest BCUT2D eigenvalue weighted by molar-refractivity contribution is 9.09. The normalized spacial score (nSPS) is 24.2. The van der Waals surface area contributed by atoms with Crippen LogP contribution in [0.5, 0.6) is 5.75 Å². The van der Waals surface area contributed by atoms with Gasteiger partial charge < -0.3 is 4.74 Å². The van der Waals surface area contributed by atoms with Gasteiger partial charge in [-0.05, 0) is 50.4 Å². The van der Waals surface area contributed by atoms with Crippen molar-refractivity contribution in [3.8, 4) is 5.75 Å². The summed E-state index contributed by atoms with van der Waals surface area (Å²) >= 11 is 3.60. The number of halogens is 1. The Morgan fingerprint density at radius 3 is 2.84 bits per heavy atom. The Hall–Kier alpha value is -0.540. The van der Waals surface area contributed by atoms with Crippen molar-refractivity contribution in [2.45, 2.75) is 32.3 Å². The molecule has 104 valence electrons. The predicted molar refractivity (Wildman–Crippen MR) is 82.3 cm³/mol. The zero-order valence-corrected chi connectivity index (χ0v) is 13.2. The minimum atomic E-state index is 0.359. The lowest BCUT2D eigenvalue weighted by Crippen LogP contribution is -2.40. The molecule has 1 aromatic rings. The van der Waals surface area contributed by atoms with E-state index in [1.54, 1.807) is 0 Å². The van der Waals surface area contributed by atoms with Gasteiger partial charge in [0.25, 0.3) is 0 Å². The van der Waals surface area contributed by atoms with Crippen molar-refractivity contribution in [2.24, 2.45) is 5.92 Å². The Morgan fingerprint density at radius 1 is 1.32 bits per heavy atom. The summed E-state index contributed by atoms with van der Waals surface area (Å²) in [5.74, 6) is 1.98. The number of nitrogens with zero attached hydrogens (tertiary/aromatic N) is 1. The zero-order chi connectivity index (χ0) is 13.2. The number of piperidine rings is 1. The molecule has 19 heavy (non-hydrogen) atoms. The van der Waals surface area contributed by atoms with E-state index in [9.17, 15) is 0 Å². The van der Waals surface area contributed by atoms with E-state index in [0.717, 1.165) is 30.0 Å². The van der Waals surface area contributed by atoms with Gasteiger partial charge in [0.1, 0.15) is 11.9 Å². The third kappa shape index (κ3) is 3.14. The monoisotopic (exact) mass is 323 g/mol. The fraction of sp³-hybridized carbons (Fsp3) is 0.625. The highest BCUT2D eigenvalue weighted by atomic mass is 79.9. The third-order valence-electron chi connectivity index (χ3n) is 4.34. The lowest BCUT2D eigenvalue weighted by atomic mass is 9.98. The molecule has 0 amide bonds. The molecule has 2 aliphatic heterocycles. The van der Waals surface area contributed by atoms with Crippen LogP contribution in [0, 0.1) is 12.8 Å². The second-order valence-corrected chi connectivity index (χ2v) is 6.60. The van der Waals surface area contributed by atoms with E-state index in [0.29, 0.717) is 6.10 Å². The molecule has 0 radical (unpaired) electrons. The quantitative estimate of drug-likeness (QED) is 0.790. The van der Waals surface area contributed by atoms with Crippen LogP contribution in [0.25, 0.3) is 0 Å². The SMILES string of the molecule is Cc1ccc2c(c1)CC(CN1CCC(CBr)CC1)O2. The molecule has 0 spiro atoms. The number of fused-ring (bicyclic) bond motifs is 1. The first-order chi connectivity index (χ1) is 9.24. The number of likely N-dealkylation sites (tertiary alicyclic amines) is 1. The fourth-order valence-electron chi connectivity index (χ4n) is 3.16. The third-order valence-corrected chi connectivity index (χ3v) is 5.26. The van der Waals surface area contributed by atoms with Crippen LogP contribution in [0.3, 0.4) is 0 Å². The number of aryl methyl sites for hydroxylation is 1. The van der Waals surface area contributed by atoms with Crippen molar-refractivity contribution < 1.29 is 4.74 Å². The smallest absolute Gasteiger partial charge is 0.123 e. The first-order valence-corrected chi connectivity index (χ1v) is 8.41. The number of ether oxygens (including phenoxy) is 1. The molecule has 3 heteroatoms. The van der Waals surface area contributed by atoms with E-state index < -0.39 is 0 Å². The average Bonchev–Trinajstić information content (AvgIpc) is 2.81. The van der Waals surface area contributed by atoms with Gasteiger partial charge in [-0.2, -0.15) is 0 Å². The molecule has 2 heterocycles. The first kappa shape index (κ1) is 13.4. The van der Waals surface area contributed by atoms with Gasteiger partial charge in [0.2, 0.25) is 0 Å². The van der Waals surface area contributed by atoms with E-state index in [1.807, 2.05) is 0 Å². The molecule has 0 N–H and O–H groups in total. The summed E-state index contributed by atoms with van der Waals surface area (Å²) in [5, 5.41) is 1.16. The molecule has 0 saturated carbocycles. The molecule has 1 fully saturated rings. The van der Waals surface area contributed by atoms with Crippen molar-refractivity contribution in [3.05, 3.63) is 29.3 Å². The molecule has 2 nitrogen and oxygen atoms in total. The van der Waals surface area contributed by atoms with Gasteiger partial charge in [-0.3, -0.25) is 4.90 Å². The molecule has 0 aromatic heterocycles. The van der Waals surface area contributed by atoms with Gasteiger partial charge in [-0.1, -0.05) is 33.6 Å². The number of rotatable bonds is 3. The number of hydrogen-bond donors (Lipinski definition) is 0. The molecular formula is C16H22BrNO. The van der Waals surface area contributed by atoms with Gasteiger partial charge in [0.05, 0.1) is 0 Å². The van der Waals surface area contributed by atoms with E-state index in [-0.39, 0.29) is 0 Å². The zero-order valence-electron chi connectivity index (χ0n) is 11.6. The summed E-state index contributed by atoms with van der Waals surface area (Å²) in [6.45, 7) is 5.69. The maximum atomic E-state index is 6.07. The molecule has 0 aliphatic carbocycles. The van der Waals surface area contributed by atoms with Crippen molar-refractivity contribution in [3.63, 3.8) is 0 Å². The Bertz CT molecular complexity index is 440. The molecular weight excluding hydrogens is 302 g/mol. The molecule has 1 aromatic carbocycles. The van der Waals surface area contributed by atoms with E-state index in [2.05, 4.69) is 46.0 Å². The minimum absolute atomic E-state index is 0.359. The molecule has 1 unspecified atom stereocenters. The fourth-order valence-corrected chi connectivity index (χ4v) is 3.81. The minimum Gasteiger partial charge on any atom is -0.488 e. The van der Waals surface area contributed by atoms with Crippen LogP contribution in [0.4, 0.5) is 0 Å². The van der Waals surface area contributed by atoms with Crippen molar-refractivity contribution in [1.82, 2.24) is 4.90 Å². The molecule has 1 saturated heterocycles. The number of alkyl halides is 1. The summed E-state index contributed by atoms with van der Waals surface area (Å²) in [7, 11) is 0. The van der Waals surface area contributed by atoms with Crippen LogP contribution in [0.2, 0.25) is 0 Å². The second kappa shape index (κ2) is 5.84. The Morgan fingerprint density at radius 2 is 2.11 bits per heavy atom. The molecule has 3 rings (SSSR count). The average molecular weight is 324 g/mol. The largest absolute Gasteiger partial charge is 0.488 e. The maximum Gasteiger partial charge on any atom is 0.123 e. The summed E-state index contributed by atoms with van der Waals surface area (Å²) in [4.78, 5) is 2.57. The highest BCUT2D eigenvalue weighted by Gasteiger charge is 2.26. The lowest BCUT2D eigenvalue weighted by molar-refractivity contribution is 0.121. The highest BCUT2D eigenvalue weighted by Crippen LogP contribution is 2.30. The van der Waals surface area contributed by atoms with Crippen LogP contribution >= 0.6 is 15.9 Å². The van der Waals surface area contributed by atoms with Gasteiger partial charge in [-0.25, -0.2) is 0 Å². The maximum absolute atomic E-state index is 6.07. The summed E-state index contributed by atoms with van der Waals surface area (Å²) in [6, 6.07) is 6.54. The summed E-state index contributed by atoms with van der Waals surface area (Å²) in [6.07, 6.45) is 4.08. The van der Waals surface area contributed by atoms with Gasteiger partial charge in [-0.15, -0.1) is 0 Å². The van der Waals surface area contributed by atoms with Crippen molar-refractivity contribution >= 4 is 15.9 Å². The Balaban J connectivity index is 1.53. The van der Waals surface area contributed by atoms with Crippen LogP contribution < -0.4 is 4.74 Å².